The van der Waals surface area contributed by atoms with Crippen LogP contribution in [0, 0.1) is 12.8 Å². The molecule has 2 aliphatic rings. The summed E-state index contributed by atoms with van der Waals surface area (Å²) in [5, 5.41) is 5.59. The molecule has 0 spiro atoms. The molecule has 2 aromatic rings. The number of piperidine rings is 1. The first-order chi connectivity index (χ1) is 14.8. The van der Waals surface area contributed by atoms with Gasteiger partial charge in [-0.1, -0.05) is 23.2 Å². The number of hydrogen-bond donors (Lipinski definition) is 0. The van der Waals surface area contributed by atoms with Crippen molar-refractivity contribution in [1.82, 2.24) is 24.6 Å². The van der Waals surface area contributed by atoms with Gasteiger partial charge in [-0.3, -0.25) is 9.69 Å². The third-order valence-corrected chi connectivity index (χ3v) is 6.70. The molecule has 0 aliphatic carbocycles. The monoisotopic (exact) mass is 465 g/mol. The Labute approximate surface area is 193 Å². The van der Waals surface area contributed by atoms with Crippen LogP contribution in [0.3, 0.4) is 0 Å². The number of carbonyl (C=O) groups excluding carboxylic acids is 1. The standard InChI is InChI=1S/C22H29Cl2N5O2/c1-14-11-28(12-15(2)31-14)22(30)17-6-8-27(9-7-17)13-29-21(25-16(3)26-29)18-4-5-19(23)20(24)10-18/h4-5,10,14-15,17H,6-9,11-13H2,1-3H3. The lowest BCUT2D eigenvalue weighted by Gasteiger charge is -2.39. The number of carbonyl (C=O) groups is 1. The molecule has 4 rings (SSSR count). The van der Waals surface area contributed by atoms with E-state index < -0.39 is 0 Å². The van der Waals surface area contributed by atoms with Gasteiger partial charge < -0.3 is 9.64 Å². The first-order valence-electron chi connectivity index (χ1n) is 10.8. The molecule has 0 bridgehead atoms. The summed E-state index contributed by atoms with van der Waals surface area (Å²) >= 11 is 12.3. The Morgan fingerprint density at radius 3 is 2.45 bits per heavy atom. The van der Waals surface area contributed by atoms with Gasteiger partial charge in [0.25, 0.3) is 0 Å². The highest BCUT2D eigenvalue weighted by molar-refractivity contribution is 6.42. The van der Waals surface area contributed by atoms with Crippen LogP contribution in [0.5, 0.6) is 0 Å². The maximum absolute atomic E-state index is 13.0. The zero-order valence-corrected chi connectivity index (χ0v) is 19.7. The van der Waals surface area contributed by atoms with Gasteiger partial charge in [0, 0.05) is 37.7 Å². The highest BCUT2D eigenvalue weighted by Gasteiger charge is 2.32. The van der Waals surface area contributed by atoms with Gasteiger partial charge in [-0.05, 0) is 51.8 Å². The van der Waals surface area contributed by atoms with Crippen LogP contribution in [0.1, 0.15) is 32.5 Å². The zero-order chi connectivity index (χ0) is 22.1. The summed E-state index contributed by atoms with van der Waals surface area (Å²) in [6.45, 7) is 9.66. The molecule has 2 fully saturated rings. The second kappa shape index (κ2) is 9.45. The van der Waals surface area contributed by atoms with Crippen LogP contribution in [-0.2, 0) is 16.2 Å². The molecule has 2 unspecified atom stereocenters. The molecule has 9 heteroatoms. The zero-order valence-electron chi connectivity index (χ0n) is 18.2. The Bertz CT molecular complexity index is 932. The Morgan fingerprint density at radius 2 is 1.81 bits per heavy atom. The SMILES string of the molecule is Cc1nc(-c2ccc(Cl)c(Cl)c2)n(CN2CCC(C(=O)N3CC(C)OC(C)C3)CC2)n1. The predicted octanol–water partition coefficient (Wildman–Crippen LogP) is 3.87. The number of aryl methyl sites for hydroxylation is 1. The number of rotatable bonds is 4. The van der Waals surface area contributed by atoms with Crippen LogP contribution in [0.15, 0.2) is 18.2 Å². The van der Waals surface area contributed by atoms with E-state index >= 15 is 0 Å². The summed E-state index contributed by atoms with van der Waals surface area (Å²) < 4.78 is 7.67. The van der Waals surface area contributed by atoms with E-state index in [-0.39, 0.29) is 24.0 Å². The fraction of sp³-hybridized carbons (Fsp3) is 0.591. The van der Waals surface area contributed by atoms with Gasteiger partial charge in [-0.15, -0.1) is 0 Å². The number of nitrogens with zero attached hydrogens (tertiary/aromatic N) is 5. The smallest absolute Gasteiger partial charge is 0.225 e. The second-order valence-electron chi connectivity index (χ2n) is 8.65. The minimum Gasteiger partial charge on any atom is -0.372 e. The molecule has 0 N–H and O–H groups in total. The van der Waals surface area contributed by atoms with E-state index in [1.165, 1.54) is 0 Å². The van der Waals surface area contributed by atoms with E-state index in [4.69, 9.17) is 27.9 Å². The lowest BCUT2D eigenvalue weighted by atomic mass is 9.95. The number of halogens is 2. The second-order valence-corrected chi connectivity index (χ2v) is 9.46. The fourth-order valence-corrected chi connectivity index (χ4v) is 4.83. The van der Waals surface area contributed by atoms with Gasteiger partial charge in [0.1, 0.15) is 5.82 Å². The van der Waals surface area contributed by atoms with E-state index in [0.717, 1.165) is 37.3 Å². The molecule has 1 amide bonds. The number of morpholine rings is 1. The molecule has 1 aromatic heterocycles. The summed E-state index contributed by atoms with van der Waals surface area (Å²) in [5.41, 5.74) is 0.885. The summed E-state index contributed by atoms with van der Waals surface area (Å²) in [5.74, 6) is 1.84. The number of aromatic nitrogens is 3. The number of likely N-dealkylation sites (tertiary alicyclic amines) is 1. The first kappa shape index (κ1) is 22.5. The van der Waals surface area contributed by atoms with Crippen LogP contribution in [0.2, 0.25) is 10.0 Å². The summed E-state index contributed by atoms with van der Waals surface area (Å²) in [4.78, 5) is 21.9. The van der Waals surface area contributed by atoms with Crippen LogP contribution in [0.4, 0.5) is 0 Å². The molecule has 0 radical (unpaired) electrons. The first-order valence-corrected chi connectivity index (χ1v) is 11.6. The van der Waals surface area contributed by atoms with Crippen molar-refractivity contribution in [2.24, 2.45) is 5.92 Å². The van der Waals surface area contributed by atoms with Crippen LogP contribution < -0.4 is 0 Å². The Balaban J connectivity index is 1.38. The molecule has 0 saturated carbocycles. The average Bonchev–Trinajstić information content (AvgIpc) is 3.09. The third kappa shape index (κ3) is 5.22. The minimum atomic E-state index is 0.0841. The van der Waals surface area contributed by atoms with Crippen molar-refractivity contribution < 1.29 is 9.53 Å². The predicted molar refractivity (Wildman–Crippen MR) is 121 cm³/mol. The molecular weight excluding hydrogens is 437 g/mol. The Morgan fingerprint density at radius 1 is 1.13 bits per heavy atom. The Hall–Kier alpha value is -1.67. The number of amides is 1. The topological polar surface area (TPSA) is 63.5 Å². The van der Waals surface area contributed by atoms with Gasteiger partial charge in [0.05, 0.1) is 28.9 Å². The van der Waals surface area contributed by atoms with Crippen molar-refractivity contribution >= 4 is 29.1 Å². The van der Waals surface area contributed by atoms with Crippen molar-refractivity contribution in [3.8, 4) is 11.4 Å². The van der Waals surface area contributed by atoms with Gasteiger partial charge in [0.15, 0.2) is 5.82 Å². The molecule has 31 heavy (non-hydrogen) atoms. The lowest BCUT2D eigenvalue weighted by molar-refractivity contribution is -0.149. The fourth-order valence-electron chi connectivity index (χ4n) is 4.53. The van der Waals surface area contributed by atoms with Crippen LogP contribution >= 0.6 is 23.2 Å². The molecule has 3 heterocycles. The molecule has 168 valence electrons. The molecule has 7 nitrogen and oxygen atoms in total. The maximum Gasteiger partial charge on any atom is 0.225 e. The largest absolute Gasteiger partial charge is 0.372 e. The van der Waals surface area contributed by atoms with E-state index in [0.29, 0.717) is 35.6 Å². The van der Waals surface area contributed by atoms with Gasteiger partial charge in [-0.25, -0.2) is 9.67 Å². The quantitative estimate of drug-likeness (QED) is 0.685. The lowest BCUT2D eigenvalue weighted by Crippen LogP contribution is -2.51. The number of hydrogen-bond acceptors (Lipinski definition) is 5. The van der Waals surface area contributed by atoms with Crippen molar-refractivity contribution in [1.29, 1.82) is 0 Å². The van der Waals surface area contributed by atoms with E-state index in [9.17, 15) is 4.79 Å². The minimum absolute atomic E-state index is 0.0841. The molecule has 1 aromatic carbocycles. The highest BCUT2D eigenvalue weighted by Crippen LogP contribution is 2.28. The summed E-state index contributed by atoms with van der Waals surface area (Å²) in [6, 6.07) is 5.50. The molecule has 2 atom stereocenters. The molecule has 2 saturated heterocycles. The van der Waals surface area contributed by atoms with E-state index in [1.54, 1.807) is 6.07 Å². The normalized spacial score (nSPS) is 23.3. The average molecular weight is 466 g/mol. The number of ether oxygens (including phenoxy) is 1. The third-order valence-electron chi connectivity index (χ3n) is 5.96. The summed E-state index contributed by atoms with van der Waals surface area (Å²) in [7, 11) is 0. The maximum atomic E-state index is 13.0. The van der Waals surface area contributed by atoms with Crippen LogP contribution in [-0.4, -0.2) is 68.9 Å². The van der Waals surface area contributed by atoms with Gasteiger partial charge >= 0.3 is 0 Å². The van der Waals surface area contributed by atoms with Crippen molar-refractivity contribution in [3.05, 3.63) is 34.1 Å². The van der Waals surface area contributed by atoms with Crippen molar-refractivity contribution in [2.45, 2.75) is 52.5 Å². The van der Waals surface area contributed by atoms with Crippen molar-refractivity contribution in [2.75, 3.05) is 26.2 Å². The van der Waals surface area contributed by atoms with E-state index in [2.05, 4.69) is 15.0 Å². The number of benzene rings is 1. The Kier molecular flexibility index (Phi) is 6.86. The van der Waals surface area contributed by atoms with Gasteiger partial charge in [0.2, 0.25) is 5.91 Å². The molecule has 2 aliphatic heterocycles. The highest BCUT2D eigenvalue weighted by atomic mass is 35.5. The van der Waals surface area contributed by atoms with Gasteiger partial charge in [-0.2, -0.15) is 5.10 Å². The van der Waals surface area contributed by atoms with E-state index in [1.807, 2.05) is 42.5 Å². The van der Waals surface area contributed by atoms with Crippen LogP contribution in [0.25, 0.3) is 11.4 Å². The molecular formula is C22H29Cl2N5O2. The summed E-state index contributed by atoms with van der Waals surface area (Å²) in [6.07, 6.45) is 1.91. The van der Waals surface area contributed by atoms with Crippen molar-refractivity contribution in [3.63, 3.8) is 0 Å².